The summed E-state index contributed by atoms with van der Waals surface area (Å²) in [5.41, 5.74) is 2.41. The zero-order valence-corrected chi connectivity index (χ0v) is 12.9. The van der Waals surface area contributed by atoms with Crippen LogP contribution in [0, 0.1) is 0 Å². The van der Waals surface area contributed by atoms with Crippen molar-refractivity contribution in [2.24, 2.45) is 0 Å². The van der Waals surface area contributed by atoms with Gasteiger partial charge in [-0.05, 0) is 57.6 Å². The van der Waals surface area contributed by atoms with E-state index >= 15 is 0 Å². The maximum absolute atomic E-state index is 11.6. The largest absolute Gasteiger partial charge is 0.478 e. The molecule has 0 unspecified atom stereocenters. The zero-order valence-electron chi connectivity index (χ0n) is 12.9. The van der Waals surface area contributed by atoms with Gasteiger partial charge in [-0.25, -0.2) is 9.78 Å². The molecule has 0 atom stereocenters. The Labute approximate surface area is 120 Å². The number of hydrogen-bond acceptors (Lipinski definition) is 3. The van der Waals surface area contributed by atoms with Crippen LogP contribution >= 0.6 is 0 Å². The molecule has 110 valence electrons. The minimum atomic E-state index is -0.889. The number of rotatable bonds is 4. The predicted molar refractivity (Wildman–Crippen MR) is 80.6 cm³/mol. The van der Waals surface area contributed by atoms with Crippen molar-refractivity contribution in [3.8, 4) is 0 Å². The maximum atomic E-state index is 11.6. The Bertz CT molecular complexity index is 523. The van der Waals surface area contributed by atoms with Gasteiger partial charge in [0.2, 0.25) is 0 Å². The third kappa shape index (κ3) is 2.65. The third-order valence-corrected chi connectivity index (χ3v) is 4.60. The van der Waals surface area contributed by atoms with Crippen LogP contribution in [0.1, 0.15) is 61.6 Å². The van der Waals surface area contributed by atoms with Crippen LogP contribution in [0.4, 0.5) is 5.82 Å². The molecule has 1 aromatic heterocycles. The highest BCUT2D eigenvalue weighted by atomic mass is 16.4. The Morgan fingerprint density at radius 3 is 2.65 bits per heavy atom. The molecule has 0 radical (unpaired) electrons. The first kappa shape index (κ1) is 14.8. The van der Waals surface area contributed by atoms with E-state index in [1.807, 2.05) is 18.0 Å². The quantitative estimate of drug-likeness (QED) is 0.917. The van der Waals surface area contributed by atoms with Crippen molar-refractivity contribution in [3.05, 3.63) is 22.9 Å². The van der Waals surface area contributed by atoms with E-state index in [1.165, 1.54) is 0 Å². The molecule has 20 heavy (non-hydrogen) atoms. The summed E-state index contributed by atoms with van der Waals surface area (Å²) in [7, 11) is 1.94. The molecule has 0 spiro atoms. The molecule has 0 saturated carbocycles. The standard InChI is InChI=1S/C16H24N2O2/c1-5-16(2,3)18(4)14-12(15(19)20)10-11-8-6-7-9-13(11)17-14/h10H,5-9H2,1-4H3,(H,19,20). The average Bonchev–Trinajstić information content (AvgIpc) is 2.44. The lowest BCUT2D eigenvalue weighted by molar-refractivity contribution is 0.0697. The highest BCUT2D eigenvalue weighted by Crippen LogP contribution is 2.30. The van der Waals surface area contributed by atoms with Gasteiger partial charge >= 0.3 is 5.97 Å². The number of nitrogens with zero attached hydrogens (tertiary/aromatic N) is 2. The SMILES string of the molecule is CCC(C)(C)N(C)c1nc2c(cc1C(=O)O)CCCC2. The number of pyridine rings is 1. The molecule has 1 heterocycles. The topological polar surface area (TPSA) is 53.4 Å². The molecule has 0 aliphatic heterocycles. The molecule has 2 rings (SSSR count). The second-order valence-electron chi connectivity index (χ2n) is 6.20. The van der Waals surface area contributed by atoms with Crippen LogP contribution in [-0.4, -0.2) is 28.6 Å². The van der Waals surface area contributed by atoms with E-state index in [4.69, 9.17) is 4.98 Å². The summed E-state index contributed by atoms with van der Waals surface area (Å²) in [5.74, 6) is -0.287. The lowest BCUT2D eigenvalue weighted by atomic mass is 9.93. The summed E-state index contributed by atoms with van der Waals surface area (Å²) >= 11 is 0. The van der Waals surface area contributed by atoms with Gasteiger partial charge in [0.15, 0.2) is 0 Å². The molecule has 0 amide bonds. The number of carboxylic acid groups (broad SMARTS) is 1. The van der Waals surface area contributed by atoms with Gasteiger partial charge in [0.1, 0.15) is 11.4 Å². The Morgan fingerprint density at radius 2 is 2.05 bits per heavy atom. The molecule has 1 aromatic rings. The Kier molecular flexibility index (Phi) is 4.02. The van der Waals surface area contributed by atoms with Crippen molar-refractivity contribution in [1.82, 2.24) is 4.98 Å². The number of carboxylic acids is 1. The van der Waals surface area contributed by atoms with E-state index < -0.39 is 5.97 Å². The summed E-state index contributed by atoms with van der Waals surface area (Å²) < 4.78 is 0. The minimum absolute atomic E-state index is 0.111. The van der Waals surface area contributed by atoms with Crippen molar-refractivity contribution in [3.63, 3.8) is 0 Å². The minimum Gasteiger partial charge on any atom is -0.478 e. The van der Waals surface area contributed by atoms with Crippen LogP contribution < -0.4 is 4.90 Å². The summed E-state index contributed by atoms with van der Waals surface area (Å²) in [6.07, 6.45) is 5.11. The first-order chi connectivity index (χ1) is 9.36. The van der Waals surface area contributed by atoms with Gasteiger partial charge in [-0.3, -0.25) is 0 Å². The van der Waals surface area contributed by atoms with Gasteiger partial charge < -0.3 is 10.0 Å². The van der Waals surface area contributed by atoms with Crippen LogP contribution in [0.3, 0.4) is 0 Å². The van der Waals surface area contributed by atoms with Gasteiger partial charge in [-0.2, -0.15) is 0 Å². The normalized spacial score (nSPS) is 14.8. The highest BCUT2D eigenvalue weighted by Gasteiger charge is 2.28. The van der Waals surface area contributed by atoms with Gasteiger partial charge in [-0.15, -0.1) is 0 Å². The average molecular weight is 276 g/mol. The second-order valence-corrected chi connectivity index (χ2v) is 6.20. The first-order valence-corrected chi connectivity index (χ1v) is 7.36. The number of anilines is 1. The first-order valence-electron chi connectivity index (χ1n) is 7.36. The van der Waals surface area contributed by atoms with Crippen LogP contribution in [-0.2, 0) is 12.8 Å². The Morgan fingerprint density at radius 1 is 1.40 bits per heavy atom. The molecule has 1 N–H and O–H groups in total. The number of carbonyl (C=O) groups is 1. The summed E-state index contributed by atoms with van der Waals surface area (Å²) in [6, 6.07) is 1.83. The Hall–Kier alpha value is -1.58. The van der Waals surface area contributed by atoms with Crippen molar-refractivity contribution in [2.45, 2.75) is 58.4 Å². The van der Waals surface area contributed by atoms with Crippen molar-refractivity contribution >= 4 is 11.8 Å². The number of aromatic nitrogens is 1. The lowest BCUT2D eigenvalue weighted by Crippen LogP contribution is -2.42. The molecule has 0 fully saturated rings. The molecule has 4 nitrogen and oxygen atoms in total. The van der Waals surface area contributed by atoms with Crippen molar-refractivity contribution < 1.29 is 9.90 Å². The van der Waals surface area contributed by atoms with E-state index in [2.05, 4.69) is 20.8 Å². The Balaban J connectivity index is 2.53. The summed E-state index contributed by atoms with van der Waals surface area (Å²) in [6.45, 7) is 6.33. The number of fused-ring (bicyclic) bond motifs is 1. The lowest BCUT2D eigenvalue weighted by Gasteiger charge is -2.37. The summed E-state index contributed by atoms with van der Waals surface area (Å²) in [5, 5.41) is 9.49. The molecule has 1 aliphatic carbocycles. The van der Waals surface area contributed by atoms with E-state index in [-0.39, 0.29) is 5.54 Å². The fraction of sp³-hybridized carbons (Fsp3) is 0.625. The molecular formula is C16H24N2O2. The fourth-order valence-electron chi connectivity index (χ4n) is 2.56. The second kappa shape index (κ2) is 5.43. The van der Waals surface area contributed by atoms with Gasteiger partial charge in [0.25, 0.3) is 0 Å². The zero-order chi connectivity index (χ0) is 14.9. The van der Waals surface area contributed by atoms with Crippen LogP contribution in [0.15, 0.2) is 6.07 Å². The van der Waals surface area contributed by atoms with Crippen molar-refractivity contribution in [1.29, 1.82) is 0 Å². The van der Waals surface area contributed by atoms with Gasteiger partial charge in [-0.1, -0.05) is 6.92 Å². The van der Waals surface area contributed by atoms with Crippen LogP contribution in [0.5, 0.6) is 0 Å². The number of aromatic carboxylic acids is 1. The molecule has 0 saturated heterocycles. The molecule has 4 heteroatoms. The maximum Gasteiger partial charge on any atom is 0.339 e. The monoisotopic (exact) mass is 276 g/mol. The molecular weight excluding hydrogens is 252 g/mol. The van der Waals surface area contributed by atoms with Crippen LogP contribution in [0.2, 0.25) is 0 Å². The van der Waals surface area contributed by atoms with Crippen molar-refractivity contribution in [2.75, 3.05) is 11.9 Å². The number of aryl methyl sites for hydroxylation is 2. The van der Waals surface area contributed by atoms with E-state index in [9.17, 15) is 9.90 Å². The van der Waals surface area contributed by atoms with E-state index in [0.29, 0.717) is 11.4 Å². The third-order valence-electron chi connectivity index (χ3n) is 4.60. The molecule has 0 bridgehead atoms. The molecule has 1 aliphatic rings. The smallest absolute Gasteiger partial charge is 0.339 e. The fourth-order valence-corrected chi connectivity index (χ4v) is 2.56. The predicted octanol–water partition coefficient (Wildman–Crippen LogP) is 3.28. The summed E-state index contributed by atoms with van der Waals surface area (Å²) in [4.78, 5) is 18.3. The highest BCUT2D eigenvalue weighted by molar-refractivity contribution is 5.93. The number of hydrogen-bond donors (Lipinski definition) is 1. The van der Waals surface area contributed by atoms with E-state index in [1.54, 1.807) is 0 Å². The van der Waals surface area contributed by atoms with Gasteiger partial charge in [0, 0.05) is 18.3 Å². The molecule has 0 aromatic carbocycles. The van der Waals surface area contributed by atoms with Crippen LogP contribution in [0.25, 0.3) is 0 Å². The van der Waals surface area contributed by atoms with Gasteiger partial charge in [0.05, 0.1) is 0 Å². The van der Waals surface area contributed by atoms with E-state index in [0.717, 1.165) is 43.4 Å².